The van der Waals surface area contributed by atoms with E-state index in [2.05, 4.69) is 19.2 Å². The fourth-order valence-electron chi connectivity index (χ4n) is 3.64. The summed E-state index contributed by atoms with van der Waals surface area (Å²) in [7, 11) is 0. The lowest BCUT2D eigenvalue weighted by molar-refractivity contribution is -0.124. The minimum Gasteiger partial charge on any atom is -0.396 e. The van der Waals surface area contributed by atoms with E-state index < -0.39 is 5.60 Å². The third kappa shape index (κ3) is 1.89. The fourth-order valence-corrected chi connectivity index (χ4v) is 3.64. The predicted octanol–water partition coefficient (Wildman–Crippen LogP) is 1.29. The quantitative estimate of drug-likeness (QED) is 0.666. The number of hydrogen-bond donors (Lipinski definition) is 3. The van der Waals surface area contributed by atoms with E-state index >= 15 is 0 Å². The number of hydrogen-bond acceptors (Lipinski definition) is 3. The molecule has 94 valence electrons. The molecule has 2 rings (SSSR count). The smallest absolute Gasteiger partial charge is 0.0731 e. The minimum atomic E-state index is -0.645. The van der Waals surface area contributed by atoms with Crippen molar-refractivity contribution >= 4 is 0 Å². The van der Waals surface area contributed by atoms with Crippen molar-refractivity contribution < 1.29 is 10.2 Å². The summed E-state index contributed by atoms with van der Waals surface area (Å²) in [6, 6.07) is 0. The lowest BCUT2D eigenvalue weighted by Crippen LogP contribution is -2.54. The highest BCUT2D eigenvalue weighted by Crippen LogP contribution is 2.54. The second-order valence-electron chi connectivity index (χ2n) is 6.56. The summed E-state index contributed by atoms with van der Waals surface area (Å²) in [5.74, 6) is 0. The molecule has 3 nitrogen and oxygen atoms in total. The molecule has 0 aromatic rings. The van der Waals surface area contributed by atoms with Crippen molar-refractivity contribution in [3.05, 3.63) is 0 Å². The summed E-state index contributed by atoms with van der Waals surface area (Å²) in [4.78, 5) is 0. The molecule has 1 saturated carbocycles. The van der Waals surface area contributed by atoms with Crippen LogP contribution in [0.4, 0.5) is 0 Å². The monoisotopic (exact) mass is 227 g/mol. The third-order valence-electron chi connectivity index (χ3n) is 4.84. The Labute approximate surface area is 98.2 Å². The SMILES string of the molecule is CC1(C)CCC(O)(C2(CO)CCNCC2)C1. The van der Waals surface area contributed by atoms with Gasteiger partial charge in [-0.25, -0.2) is 0 Å². The van der Waals surface area contributed by atoms with Crippen LogP contribution in [0.3, 0.4) is 0 Å². The lowest BCUT2D eigenvalue weighted by atomic mass is 9.64. The van der Waals surface area contributed by atoms with Crippen molar-refractivity contribution in [1.82, 2.24) is 5.32 Å². The van der Waals surface area contributed by atoms with E-state index in [-0.39, 0.29) is 17.4 Å². The molecule has 0 amide bonds. The second kappa shape index (κ2) is 3.97. The van der Waals surface area contributed by atoms with Gasteiger partial charge in [-0.15, -0.1) is 0 Å². The van der Waals surface area contributed by atoms with E-state index in [9.17, 15) is 10.2 Å². The van der Waals surface area contributed by atoms with Crippen molar-refractivity contribution in [2.75, 3.05) is 19.7 Å². The average Bonchev–Trinajstić information content (AvgIpc) is 2.55. The highest BCUT2D eigenvalue weighted by atomic mass is 16.3. The van der Waals surface area contributed by atoms with Crippen LogP contribution in [-0.4, -0.2) is 35.5 Å². The molecule has 0 spiro atoms. The molecular formula is C13H25NO2. The van der Waals surface area contributed by atoms with E-state index in [0.717, 1.165) is 45.2 Å². The number of nitrogens with one attached hydrogen (secondary N) is 1. The summed E-state index contributed by atoms with van der Waals surface area (Å²) >= 11 is 0. The van der Waals surface area contributed by atoms with Crippen molar-refractivity contribution in [2.45, 2.75) is 51.6 Å². The zero-order chi connectivity index (χ0) is 11.9. The van der Waals surface area contributed by atoms with Crippen molar-refractivity contribution in [3.8, 4) is 0 Å². The van der Waals surface area contributed by atoms with Gasteiger partial charge < -0.3 is 15.5 Å². The summed E-state index contributed by atoms with van der Waals surface area (Å²) < 4.78 is 0. The Morgan fingerprint density at radius 3 is 2.12 bits per heavy atom. The lowest BCUT2D eigenvalue weighted by Gasteiger charge is -2.47. The van der Waals surface area contributed by atoms with Crippen LogP contribution in [0.1, 0.15) is 46.0 Å². The highest BCUT2D eigenvalue weighted by molar-refractivity contribution is 5.07. The first-order valence-corrected chi connectivity index (χ1v) is 6.47. The van der Waals surface area contributed by atoms with E-state index in [4.69, 9.17) is 0 Å². The van der Waals surface area contributed by atoms with Crippen molar-refractivity contribution in [3.63, 3.8) is 0 Å². The van der Waals surface area contributed by atoms with Gasteiger partial charge in [0, 0.05) is 5.41 Å². The van der Waals surface area contributed by atoms with Crippen LogP contribution in [0.25, 0.3) is 0 Å². The number of aliphatic hydroxyl groups excluding tert-OH is 1. The van der Waals surface area contributed by atoms with Gasteiger partial charge in [0.2, 0.25) is 0 Å². The average molecular weight is 227 g/mol. The summed E-state index contributed by atoms with van der Waals surface area (Å²) in [6.45, 7) is 6.40. The van der Waals surface area contributed by atoms with Gasteiger partial charge in [-0.3, -0.25) is 0 Å². The van der Waals surface area contributed by atoms with Gasteiger partial charge in [0.25, 0.3) is 0 Å². The Bertz CT molecular complexity index is 259. The molecule has 0 aromatic heterocycles. The minimum absolute atomic E-state index is 0.126. The Balaban J connectivity index is 2.20. The normalized spacial score (nSPS) is 37.5. The zero-order valence-electron chi connectivity index (χ0n) is 10.6. The Kier molecular flexibility index (Phi) is 3.06. The number of aliphatic hydroxyl groups is 2. The molecule has 1 saturated heterocycles. The maximum Gasteiger partial charge on any atom is 0.0731 e. The molecule has 1 unspecified atom stereocenters. The molecule has 1 atom stereocenters. The molecule has 0 aromatic carbocycles. The topological polar surface area (TPSA) is 52.5 Å². The van der Waals surface area contributed by atoms with Crippen molar-refractivity contribution in [1.29, 1.82) is 0 Å². The van der Waals surface area contributed by atoms with Gasteiger partial charge >= 0.3 is 0 Å². The highest BCUT2D eigenvalue weighted by Gasteiger charge is 2.55. The van der Waals surface area contributed by atoms with Gasteiger partial charge in [0.1, 0.15) is 0 Å². The molecule has 3 heteroatoms. The molecule has 1 aliphatic carbocycles. The zero-order valence-corrected chi connectivity index (χ0v) is 10.6. The summed E-state index contributed by atoms with van der Waals surface area (Å²) in [5.41, 5.74) is -0.679. The van der Waals surface area contributed by atoms with Crippen LogP contribution >= 0.6 is 0 Å². The van der Waals surface area contributed by atoms with Gasteiger partial charge in [0.15, 0.2) is 0 Å². The Morgan fingerprint density at radius 2 is 1.69 bits per heavy atom. The maximum absolute atomic E-state index is 10.9. The van der Waals surface area contributed by atoms with Crippen LogP contribution in [0.5, 0.6) is 0 Å². The molecular weight excluding hydrogens is 202 g/mol. The van der Waals surface area contributed by atoms with Gasteiger partial charge in [-0.05, 0) is 50.6 Å². The van der Waals surface area contributed by atoms with Crippen LogP contribution in [0.15, 0.2) is 0 Å². The van der Waals surface area contributed by atoms with E-state index in [1.165, 1.54) is 0 Å². The molecule has 1 heterocycles. The largest absolute Gasteiger partial charge is 0.396 e. The molecule has 3 N–H and O–H groups in total. The summed E-state index contributed by atoms with van der Waals surface area (Å²) in [6.07, 6.45) is 4.55. The first-order valence-electron chi connectivity index (χ1n) is 6.47. The van der Waals surface area contributed by atoms with Crippen LogP contribution in [0.2, 0.25) is 0 Å². The standard InChI is InChI=1S/C13H25NO2/c1-11(2)3-4-13(16,9-11)12(10-15)5-7-14-8-6-12/h14-16H,3-10H2,1-2H3. The first kappa shape index (κ1) is 12.3. The fraction of sp³-hybridized carbons (Fsp3) is 1.00. The third-order valence-corrected chi connectivity index (χ3v) is 4.84. The van der Waals surface area contributed by atoms with E-state index in [0.29, 0.717) is 0 Å². The van der Waals surface area contributed by atoms with E-state index in [1.54, 1.807) is 0 Å². The summed E-state index contributed by atoms with van der Waals surface area (Å²) in [5, 5.41) is 24.0. The predicted molar refractivity (Wildman–Crippen MR) is 64.2 cm³/mol. The van der Waals surface area contributed by atoms with Crippen LogP contribution in [-0.2, 0) is 0 Å². The Hall–Kier alpha value is -0.120. The number of rotatable bonds is 2. The van der Waals surface area contributed by atoms with E-state index in [1.807, 2.05) is 0 Å². The maximum atomic E-state index is 10.9. The van der Waals surface area contributed by atoms with Gasteiger partial charge in [-0.2, -0.15) is 0 Å². The van der Waals surface area contributed by atoms with Crippen LogP contribution in [0, 0.1) is 10.8 Å². The molecule has 2 aliphatic rings. The van der Waals surface area contributed by atoms with Crippen LogP contribution < -0.4 is 5.32 Å². The molecule has 2 fully saturated rings. The first-order chi connectivity index (χ1) is 7.43. The van der Waals surface area contributed by atoms with Gasteiger partial charge in [0.05, 0.1) is 12.2 Å². The molecule has 0 bridgehead atoms. The molecule has 16 heavy (non-hydrogen) atoms. The van der Waals surface area contributed by atoms with Gasteiger partial charge in [-0.1, -0.05) is 13.8 Å². The number of piperidine rings is 1. The second-order valence-corrected chi connectivity index (χ2v) is 6.56. The molecule has 0 radical (unpaired) electrons. The Morgan fingerprint density at radius 1 is 1.06 bits per heavy atom. The van der Waals surface area contributed by atoms with Crippen molar-refractivity contribution in [2.24, 2.45) is 10.8 Å². The molecule has 1 aliphatic heterocycles.